The highest BCUT2D eigenvalue weighted by Gasteiger charge is 2.34. The van der Waals surface area contributed by atoms with Crippen LogP contribution in [-0.4, -0.2) is 48.1 Å². The van der Waals surface area contributed by atoms with Crippen molar-refractivity contribution in [3.05, 3.63) is 35.6 Å². The zero-order valence-electron chi connectivity index (χ0n) is 12.1. The summed E-state index contributed by atoms with van der Waals surface area (Å²) >= 11 is 0. The molecule has 0 spiro atoms. The van der Waals surface area contributed by atoms with Crippen molar-refractivity contribution in [2.75, 3.05) is 26.2 Å². The van der Waals surface area contributed by atoms with Crippen LogP contribution in [0.25, 0.3) is 0 Å². The van der Waals surface area contributed by atoms with E-state index in [0.29, 0.717) is 12.1 Å². The van der Waals surface area contributed by atoms with Crippen LogP contribution in [0.15, 0.2) is 24.3 Å². The third-order valence-corrected chi connectivity index (χ3v) is 4.80. The van der Waals surface area contributed by atoms with Gasteiger partial charge in [-0.15, -0.1) is 0 Å². The van der Waals surface area contributed by atoms with E-state index in [1.54, 1.807) is 12.1 Å². The molecule has 0 aromatic heterocycles. The molecule has 3 unspecified atom stereocenters. The Morgan fingerprint density at radius 3 is 2.80 bits per heavy atom. The average Bonchev–Trinajstić information content (AvgIpc) is 2.87. The quantitative estimate of drug-likeness (QED) is 0.917. The van der Waals surface area contributed by atoms with E-state index in [9.17, 15) is 4.39 Å². The van der Waals surface area contributed by atoms with Crippen molar-refractivity contribution >= 4 is 0 Å². The lowest BCUT2D eigenvalue weighted by Gasteiger charge is -2.43. The Bertz CT molecular complexity index is 448. The molecule has 4 heteroatoms. The molecular formula is C16H24FN3. The zero-order valence-corrected chi connectivity index (χ0v) is 12.1. The van der Waals surface area contributed by atoms with Crippen LogP contribution in [0.4, 0.5) is 4.39 Å². The Balaban J connectivity index is 1.63. The summed E-state index contributed by atoms with van der Waals surface area (Å²) in [7, 11) is 0. The molecule has 0 aliphatic carbocycles. The van der Waals surface area contributed by atoms with Crippen molar-refractivity contribution in [3.63, 3.8) is 0 Å². The molecule has 110 valence electrons. The summed E-state index contributed by atoms with van der Waals surface area (Å²) in [6, 6.07) is 7.82. The lowest BCUT2D eigenvalue weighted by Crippen LogP contribution is -2.56. The van der Waals surface area contributed by atoms with Gasteiger partial charge in [-0.05, 0) is 44.0 Å². The molecule has 2 aliphatic rings. The zero-order chi connectivity index (χ0) is 14.1. The van der Waals surface area contributed by atoms with Crippen LogP contribution in [0.2, 0.25) is 0 Å². The first kappa shape index (κ1) is 14.0. The summed E-state index contributed by atoms with van der Waals surface area (Å²) in [5.41, 5.74) is 7.32. The third-order valence-electron chi connectivity index (χ3n) is 4.80. The Morgan fingerprint density at radius 1 is 1.30 bits per heavy atom. The Hall–Kier alpha value is -0.970. The van der Waals surface area contributed by atoms with Gasteiger partial charge in [0.15, 0.2) is 0 Å². The van der Waals surface area contributed by atoms with Crippen molar-refractivity contribution in [2.24, 2.45) is 5.73 Å². The van der Waals surface area contributed by atoms with Gasteiger partial charge >= 0.3 is 0 Å². The maximum Gasteiger partial charge on any atom is 0.123 e. The molecule has 2 aliphatic heterocycles. The molecule has 0 saturated carbocycles. The molecule has 2 fully saturated rings. The largest absolute Gasteiger partial charge is 0.323 e. The first-order valence-corrected chi connectivity index (χ1v) is 7.62. The summed E-state index contributed by atoms with van der Waals surface area (Å²) in [5, 5.41) is 0. The summed E-state index contributed by atoms with van der Waals surface area (Å²) in [4.78, 5) is 5.12. The highest BCUT2D eigenvalue weighted by Crippen LogP contribution is 2.25. The van der Waals surface area contributed by atoms with Gasteiger partial charge in [-0.1, -0.05) is 12.1 Å². The molecular weight excluding hydrogens is 253 g/mol. The van der Waals surface area contributed by atoms with Crippen LogP contribution in [0.1, 0.15) is 31.4 Å². The fraction of sp³-hybridized carbons (Fsp3) is 0.625. The van der Waals surface area contributed by atoms with Gasteiger partial charge in [0.05, 0.1) is 0 Å². The number of hydrogen-bond donors (Lipinski definition) is 1. The molecule has 3 rings (SSSR count). The van der Waals surface area contributed by atoms with Gasteiger partial charge in [-0.2, -0.15) is 0 Å². The topological polar surface area (TPSA) is 32.5 Å². The second kappa shape index (κ2) is 5.80. The van der Waals surface area contributed by atoms with Crippen LogP contribution >= 0.6 is 0 Å². The Morgan fingerprint density at radius 2 is 2.05 bits per heavy atom. The first-order chi connectivity index (χ1) is 9.63. The Kier molecular flexibility index (Phi) is 4.06. The predicted molar refractivity (Wildman–Crippen MR) is 79.0 cm³/mol. The maximum atomic E-state index is 13.0. The Labute approximate surface area is 120 Å². The predicted octanol–water partition coefficient (Wildman–Crippen LogP) is 1.99. The van der Waals surface area contributed by atoms with Crippen molar-refractivity contribution in [3.8, 4) is 0 Å². The minimum absolute atomic E-state index is 0.0361. The van der Waals surface area contributed by atoms with Crippen molar-refractivity contribution in [1.29, 1.82) is 0 Å². The van der Waals surface area contributed by atoms with Crippen LogP contribution in [0.5, 0.6) is 0 Å². The standard InChI is InChI=1S/C16H24FN3/c1-12-9-19-8-2-3-15(19)10-20(12)11-16(18)13-4-6-14(17)7-5-13/h4-7,12,15-16H,2-3,8-11,18H2,1H3. The van der Waals surface area contributed by atoms with Crippen molar-refractivity contribution in [1.82, 2.24) is 9.80 Å². The van der Waals surface area contributed by atoms with Gasteiger partial charge in [-0.3, -0.25) is 9.80 Å². The third kappa shape index (κ3) is 2.87. The molecule has 2 heterocycles. The molecule has 3 nitrogen and oxygen atoms in total. The number of fused-ring (bicyclic) bond motifs is 1. The van der Waals surface area contributed by atoms with E-state index < -0.39 is 0 Å². The second-order valence-electron chi connectivity index (χ2n) is 6.25. The maximum absolute atomic E-state index is 13.0. The monoisotopic (exact) mass is 277 g/mol. The van der Waals surface area contributed by atoms with Gasteiger partial charge in [0, 0.05) is 37.8 Å². The molecule has 3 atom stereocenters. The van der Waals surface area contributed by atoms with E-state index in [1.165, 1.54) is 31.5 Å². The summed E-state index contributed by atoms with van der Waals surface area (Å²) in [6.45, 7) is 6.67. The highest BCUT2D eigenvalue weighted by molar-refractivity contribution is 5.20. The average molecular weight is 277 g/mol. The number of rotatable bonds is 3. The molecule has 0 amide bonds. The van der Waals surface area contributed by atoms with Crippen LogP contribution in [0.3, 0.4) is 0 Å². The number of piperazine rings is 1. The van der Waals surface area contributed by atoms with E-state index in [-0.39, 0.29) is 11.9 Å². The van der Waals surface area contributed by atoms with E-state index >= 15 is 0 Å². The molecule has 2 saturated heterocycles. The molecule has 20 heavy (non-hydrogen) atoms. The summed E-state index contributed by atoms with van der Waals surface area (Å²) in [5.74, 6) is -0.200. The van der Waals surface area contributed by atoms with Crippen molar-refractivity contribution < 1.29 is 4.39 Å². The van der Waals surface area contributed by atoms with Crippen LogP contribution in [0, 0.1) is 5.82 Å². The van der Waals surface area contributed by atoms with Gasteiger partial charge in [0.2, 0.25) is 0 Å². The number of nitrogens with zero attached hydrogens (tertiary/aromatic N) is 2. The van der Waals surface area contributed by atoms with E-state index in [4.69, 9.17) is 5.73 Å². The van der Waals surface area contributed by atoms with Gasteiger partial charge in [-0.25, -0.2) is 4.39 Å². The number of hydrogen-bond acceptors (Lipinski definition) is 3. The van der Waals surface area contributed by atoms with Gasteiger partial charge < -0.3 is 5.73 Å². The van der Waals surface area contributed by atoms with E-state index in [2.05, 4.69) is 16.7 Å². The first-order valence-electron chi connectivity index (χ1n) is 7.62. The lowest BCUT2D eigenvalue weighted by molar-refractivity contribution is 0.0553. The van der Waals surface area contributed by atoms with E-state index in [1.807, 2.05) is 0 Å². The minimum Gasteiger partial charge on any atom is -0.323 e. The van der Waals surface area contributed by atoms with Crippen molar-refractivity contribution in [2.45, 2.75) is 37.9 Å². The number of nitrogens with two attached hydrogens (primary N) is 1. The smallest absolute Gasteiger partial charge is 0.123 e. The van der Waals surface area contributed by atoms with Crippen LogP contribution < -0.4 is 5.73 Å². The summed E-state index contributed by atoms with van der Waals surface area (Å²) in [6.07, 6.45) is 2.64. The lowest BCUT2D eigenvalue weighted by atomic mass is 10.0. The summed E-state index contributed by atoms with van der Waals surface area (Å²) < 4.78 is 13.0. The van der Waals surface area contributed by atoms with Gasteiger partial charge in [0.1, 0.15) is 5.82 Å². The number of benzene rings is 1. The molecule has 0 radical (unpaired) electrons. The minimum atomic E-state index is -0.200. The fourth-order valence-electron chi connectivity index (χ4n) is 3.57. The molecule has 1 aromatic carbocycles. The molecule has 2 N–H and O–H groups in total. The number of halogens is 1. The highest BCUT2D eigenvalue weighted by atomic mass is 19.1. The van der Waals surface area contributed by atoms with E-state index in [0.717, 1.165) is 25.2 Å². The fourth-order valence-corrected chi connectivity index (χ4v) is 3.57. The second-order valence-corrected chi connectivity index (χ2v) is 6.25. The SMILES string of the molecule is CC1CN2CCCC2CN1CC(N)c1ccc(F)cc1. The molecule has 1 aromatic rings. The molecule has 0 bridgehead atoms. The van der Waals surface area contributed by atoms with Crippen LogP contribution in [-0.2, 0) is 0 Å². The van der Waals surface area contributed by atoms with Gasteiger partial charge in [0.25, 0.3) is 0 Å². The normalized spacial score (nSPS) is 29.4.